The molecule has 2 saturated heterocycles. The molecule has 0 aromatic rings. The van der Waals surface area contributed by atoms with Gasteiger partial charge in [-0.2, -0.15) is 0 Å². The van der Waals surface area contributed by atoms with E-state index < -0.39 is 0 Å². The standard InChI is InChI=1S/C19H37N5O/c1-4-21-19(22-10-14-23-11-6-5-7-16(23)2)24-12-8-17(9-13-24)15-18(25)20-3/h16-17H,4-15H2,1-3H3,(H,20,25)(H,21,22). The van der Waals surface area contributed by atoms with Crippen LogP contribution in [-0.2, 0) is 4.79 Å². The van der Waals surface area contributed by atoms with E-state index in [0.29, 0.717) is 18.4 Å². The summed E-state index contributed by atoms with van der Waals surface area (Å²) in [6.45, 7) is 10.5. The molecule has 0 saturated carbocycles. The molecule has 2 heterocycles. The van der Waals surface area contributed by atoms with Gasteiger partial charge in [-0.15, -0.1) is 0 Å². The molecule has 0 spiro atoms. The number of rotatable bonds is 6. The summed E-state index contributed by atoms with van der Waals surface area (Å²) >= 11 is 0. The molecule has 2 aliphatic rings. The van der Waals surface area contributed by atoms with Gasteiger partial charge in [-0.3, -0.25) is 14.7 Å². The van der Waals surface area contributed by atoms with Crippen LogP contribution >= 0.6 is 0 Å². The van der Waals surface area contributed by atoms with Crippen molar-refractivity contribution in [3.8, 4) is 0 Å². The lowest BCUT2D eigenvalue weighted by molar-refractivity contribution is -0.121. The summed E-state index contributed by atoms with van der Waals surface area (Å²) in [6, 6.07) is 0.701. The van der Waals surface area contributed by atoms with Crippen molar-refractivity contribution in [1.29, 1.82) is 0 Å². The molecule has 0 aromatic heterocycles. The van der Waals surface area contributed by atoms with Gasteiger partial charge in [0, 0.05) is 45.7 Å². The Morgan fingerprint density at radius 3 is 2.56 bits per heavy atom. The Labute approximate surface area is 153 Å². The van der Waals surface area contributed by atoms with Crippen LogP contribution in [0.25, 0.3) is 0 Å². The Morgan fingerprint density at radius 1 is 1.16 bits per heavy atom. The third kappa shape index (κ3) is 6.49. The molecule has 1 unspecified atom stereocenters. The molecule has 144 valence electrons. The molecular formula is C19H37N5O. The van der Waals surface area contributed by atoms with Crippen LogP contribution in [0.1, 0.15) is 52.4 Å². The van der Waals surface area contributed by atoms with Crippen molar-refractivity contribution in [1.82, 2.24) is 20.4 Å². The number of nitrogens with one attached hydrogen (secondary N) is 2. The maximum absolute atomic E-state index is 11.6. The quantitative estimate of drug-likeness (QED) is 0.565. The van der Waals surface area contributed by atoms with Gasteiger partial charge in [0.15, 0.2) is 5.96 Å². The van der Waals surface area contributed by atoms with Crippen molar-refractivity contribution in [2.24, 2.45) is 10.9 Å². The molecule has 2 rings (SSSR count). The van der Waals surface area contributed by atoms with Crippen molar-refractivity contribution >= 4 is 11.9 Å². The normalized spacial score (nSPS) is 23.6. The van der Waals surface area contributed by atoms with E-state index in [1.54, 1.807) is 7.05 Å². The number of hydrogen-bond donors (Lipinski definition) is 2. The molecule has 1 atom stereocenters. The third-order valence-electron chi connectivity index (χ3n) is 5.59. The minimum Gasteiger partial charge on any atom is -0.359 e. The van der Waals surface area contributed by atoms with Crippen LogP contribution in [0, 0.1) is 5.92 Å². The Hall–Kier alpha value is -1.30. The number of carbonyl (C=O) groups is 1. The van der Waals surface area contributed by atoms with E-state index in [4.69, 9.17) is 4.99 Å². The highest BCUT2D eigenvalue weighted by molar-refractivity contribution is 5.80. The van der Waals surface area contributed by atoms with Gasteiger partial charge in [0.1, 0.15) is 0 Å². The summed E-state index contributed by atoms with van der Waals surface area (Å²) < 4.78 is 0. The van der Waals surface area contributed by atoms with Crippen LogP contribution in [-0.4, -0.2) is 74.0 Å². The lowest BCUT2D eigenvalue weighted by Gasteiger charge is -2.35. The summed E-state index contributed by atoms with van der Waals surface area (Å²) in [5.74, 6) is 1.72. The number of guanidine groups is 1. The van der Waals surface area contributed by atoms with E-state index in [1.807, 2.05) is 0 Å². The molecule has 6 heteroatoms. The van der Waals surface area contributed by atoms with Crippen LogP contribution in [0.4, 0.5) is 0 Å². The molecule has 0 bridgehead atoms. The molecule has 2 aliphatic heterocycles. The third-order valence-corrected chi connectivity index (χ3v) is 5.59. The van der Waals surface area contributed by atoms with E-state index in [0.717, 1.165) is 51.5 Å². The van der Waals surface area contributed by atoms with E-state index in [2.05, 4.69) is 34.3 Å². The predicted octanol–water partition coefficient (Wildman–Crippen LogP) is 1.67. The van der Waals surface area contributed by atoms with Crippen LogP contribution in [0.3, 0.4) is 0 Å². The van der Waals surface area contributed by atoms with Gasteiger partial charge in [-0.1, -0.05) is 6.42 Å². The smallest absolute Gasteiger partial charge is 0.220 e. The molecular weight excluding hydrogens is 314 g/mol. The van der Waals surface area contributed by atoms with Gasteiger partial charge in [0.2, 0.25) is 5.91 Å². The molecule has 6 nitrogen and oxygen atoms in total. The van der Waals surface area contributed by atoms with Crippen molar-refractivity contribution in [3.63, 3.8) is 0 Å². The zero-order valence-corrected chi connectivity index (χ0v) is 16.4. The van der Waals surface area contributed by atoms with Crippen LogP contribution < -0.4 is 10.6 Å². The average molecular weight is 352 g/mol. The molecule has 25 heavy (non-hydrogen) atoms. The molecule has 0 radical (unpaired) electrons. The van der Waals surface area contributed by atoms with E-state index in [9.17, 15) is 4.79 Å². The number of hydrogen-bond acceptors (Lipinski definition) is 3. The highest BCUT2D eigenvalue weighted by Gasteiger charge is 2.23. The van der Waals surface area contributed by atoms with Gasteiger partial charge in [-0.05, 0) is 52.0 Å². The zero-order chi connectivity index (χ0) is 18.1. The highest BCUT2D eigenvalue weighted by Crippen LogP contribution is 2.20. The second-order valence-corrected chi connectivity index (χ2v) is 7.42. The number of carbonyl (C=O) groups excluding carboxylic acids is 1. The maximum Gasteiger partial charge on any atom is 0.220 e. The molecule has 2 N–H and O–H groups in total. The first-order chi connectivity index (χ1) is 12.1. The first-order valence-electron chi connectivity index (χ1n) is 10.1. The molecule has 0 aliphatic carbocycles. The van der Waals surface area contributed by atoms with Crippen LogP contribution in [0.2, 0.25) is 0 Å². The van der Waals surface area contributed by atoms with Crippen LogP contribution in [0.5, 0.6) is 0 Å². The van der Waals surface area contributed by atoms with Gasteiger partial charge < -0.3 is 15.5 Å². The Bertz CT molecular complexity index is 432. The molecule has 1 amide bonds. The first-order valence-corrected chi connectivity index (χ1v) is 10.1. The van der Waals surface area contributed by atoms with Gasteiger partial charge in [0.25, 0.3) is 0 Å². The summed E-state index contributed by atoms with van der Waals surface area (Å²) in [4.78, 5) is 21.4. The minimum atomic E-state index is 0.162. The first kappa shape index (κ1) is 20.0. The van der Waals surface area contributed by atoms with E-state index in [1.165, 1.54) is 25.8 Å². The second kappa shape index (κ2) is 10.6. The fraction of sp³-hybridized carbons (Fsp3) is 0.895. The fourth-order valence-corrected chi connectivity index (χ4v) is 3.91. The number of nitrogens with zero attached hydrogens (tertiary/aromatic N) is 3. The largest absolute Gasteiger partial charge is 0.359 e. The lowest BCUT2D eigenvalue weighted by Crippen LogP contribution is -2.46. The SMILES string of the molecule is CCNC(=NCCN1CCCCC1C)N1CCC(CC(=O)NC)CC1. The Morgan fingerprint density at radius 2 is 1.92 bits per heavy atom. The van der Waals surface area contributed by atoms with E-state index >= 15 is 0 Å². The lowest BCUT2D eigenvalue weighted by atomic mass is 9.93. The highest BCUT2D eigenvalue weighted by atomic mass is 16.1. The minimum absolute atomic E-state index is 0.162. The Kier molecular flexibility index (Phi) is 8.52. The number of amides is 1. The fourth-order valence-electron chi connectivity index (χ4n) is 3.91. The number of piperidine rings is 2. The topological polar surface area (TPSA) is 60.0 Å². The van der Waals surface area contributed by atoms with Gasteiger partial charge in [-0.25, -0.2) is 0 Å². The zero-order valence-electron chi connectivity index (χ0n) is 16.4. The average Bonchev–Trinajstić information content (AvgIpc) is 2.63. The summed E-state index contributed by atoms with van der Waals surface area (Å²) in [7, 11) is 1.72. The number of aliphatic imine (C=N–C) groups is 1. The summed E-state index contributed by atoms with van der Waals surface area (Å²) in [6.07, 6.45) is 6.82. The molecule has 2 fully saturated rings. The predicted molar refractivity (Wildman–Crippen MR) is 104 cm³/mol. The monoisotopic (exact) mass is 351 g/mol. The summed E-state index contributed by atoms with van der Waals surface area (Å²) in [5, 5.41) is 6.18. The molecule has 0 aromatic carbocycles. The van der Waals surface area contributed by atoms with Crippen molar-refractivity contribution in [2.45, 2.75) is 58.4 Å². The van der Waals surface area contributed by atoms with Crippen LogP contribution in [0.15, 0.2) is 4.99 Å². The van der Waals surface area contributed by atoms with Crippen molar-refractivity contribution < 1.29 is 4.79 Å². The van der Waals surface area contributed by atoms with Gasteiger partial charge in [0.05, 0.1) is 6.54 Å². The van der Waals surface area contributed by atoms with E-state index in [-0.39, 0.29) is 5.91 Å². The van der Waals surface area contributed by atoms with Crippen molar-refractivity contribution in [2.75, 3.05) is 46.3 Å². The Balaban J connectivity index is 1.80. The maximum atomic E-state index is 11.6. The van der Waals surface area contributed by atoms with Crippen molar-refractivity contribution in [3.05, 3.63) is 0 Å². The number of likely N-dealkylation sites (tertiary alicyclic amines) is 2. The van der Waals surface area contributed by atoms with Gasteiger partial charge >= 0.3 is 0 Å². The summed E-state index contributed by atoms with van der Waals surface area (Å²) in [5.41, 5.74) is 0. The second-order valence-electron chi connectivity index (χ2n) is 7.42.